The molecule has 0 radical (unpaired) electrons. The number of likely N-dealkylation sites (N-methyl/N-ethyl adjacent to an activating group) is 1. The summed E-state index contributed by atoms with van der Waals surface area (Å²) in [5, 5.41) is 0. The Hall–Kier alpha value is -1.06. The van der Waals surface area contributed by atoms with Crippen LogP contribution < -0.4 is 4.74 Å². The van der Waals surface area contributed by atoms with Crippen molar-refractivity contribution in [3.8, 4) is 5.75 Å². The molecule has 0 aliphatic heterocycles. The fourth-order valence-electron chi connectivity index (χ4n) is 4.25. The Morgan fingerprint density at radius 2 is 1.54 bits per heavy atom. The molecule has 0 spiro atoms. The molecule has 0 amide bonds. The van der Waals surface area contributed by atoms with Crippen molar-refractivity contribution in [2.75, 3.05) is 21.2 Å². The van der Waals surface area contributed by atoms with E-state index in [9.17, 15) is 0 Å². The molecule has 0 heterocycles. The van der Waals surface area contributed by atoms with Gasteiger partial charge in [-0.05, 0) is 65.4 Å². The lowest BCUT2D eigenvalue weighted by Crippen LogP contribution is -2.50. The normalized spacial score (nSPS) is 20.2. The Bertz CT molecular complexity index is 489. The lowest BCUT2D eigenvalue weighted by molar-refractivity contribution is -0.128. The molecule has 1 aromatic rings. The molecule has 1 aromatic carbocycles. The molecule has 0 bridgehead atoms. The Labute approximate surface area is 148 Å². The molecule has 1 aliphatic carbocycles. The Morgan fingerprint density at radius 3 is 2.00 bits per heavy atom. The fourth-order valence-corrected chi connectivity index (χ4v) is 4.25. The Morgan fingerprint density at radius 1 is 0.958 bits per heavy atom. The van der Waals surface area contributed by atoms with Gasteiger partial charge in [0.2, 0.25) is 0 Å². The minimum Gasteiger partial charge on any atom is -0.497 e. The monoisotopic (exact) mass is 333 g/mol. The summed E-state index contributed by atoms with van der Waals surface area (Å²) >= 11 is 0. The molecule has 24 heavy (non-hydrogen) atoms. The van der Waals surface area contributed by atoms with Crippen molar-refractivity contribution in [3.05, 3.63) is 29.8 Å². The molecule has 3 nitrogen and oxygen atoms in total. The SMILES string of the molecule is COc1ccc(C(C(C)N(C)C)C2(OC(C)C)CCCCC2)cc1. The van der Waals surface area contributed by atoms with Crippen molar-refractivity contribution in [2.24, 2.45) is 0 Å². The minimum absolute atomic E-state index is 0.0648. The average Bonchev–Trinajstić information content (AvgIpc) is 2.55. The zero-order valence-electron chi connectivity index (χ0n) is 16.3. The van der Waals surface area contributed by atoms with Crippen LogP contribution in [0.1, 0.15) is 64.4 Å². The number of hydrogen-bond donors (Lipinski definition) is 0. The second kappa shape index (κ2) is 8.35. The van der Waals surface area contributed by atoms with Crippen molar-refractivity contribution in [1.82, 2.24) is 4.90 Å². The lowest BCUT2D eigenvalue weighted by atomic mass is 9.69. The third kappa shape index (κ3) is 4.31. The number of benzene rings is 1. The highest BCUT2D eigenvalue weighted by molar-refractivity contribution is 5.32. The van der Waals surface area contributed by atoms with Gasteiger partial charge in [-0.2, -0.15) is 0 Å². The maximum Gasteiger partial charge on any atom is 0.118 e. The second-order valence-electron chi connectivity index (χ2n) is 7.75. The summed E-state index contributed by atoms with van der Waals surface area (Å²) in [6, 6.07) is 9.02. The van der Waals surface area contributed by atoms with Gasteiger partial charge in [0.25, 0.3) is 0 Å². The summed E-state index contributed by atoms with van der Waals surface area (Å²) in [6.07, 6.45) is 6.41. The molecular weight excluding hydrogens is 298 g/mol. The number of rotatable bonds is 7. The van der Waals surface area contributed by atoms with E-state index in [0.717, 1.165) is 18.6 Å². The van der Waals surface area contributed by atoms with Crippen molar-refractivity contribution in [3.63, 3.8) is 0 Å². The second-order valence-corrected chi connectivity index (χ2v) is 7.75. The highest BCUT2D eigenvalue weighted by Crippen LogP contribution is 2.46. The average molecular weight is 334 g/mol. The van der Waals surface area contributed by atoms with Crippen LogP contribution in [0.3, 0.4) is 0 Å². The van der Waals surface area contributed by atoms with Crippen LogP contribution in [-0.2, 0) is 4.74 Å². The van der Waals surface area contributed by atoms with Crippen molar-refractivity contribution < 1.29 is 9.47 Å². The first-order valence-corrected chi connectivity index (χ1v) is 9.38. The summed E-state index contributed by atoms with van der Waals surface area (Å²) in [7, 11) is 6.07. The highest BCUT2D eigenvalue weighted by atomic mass is 16.5. The van der Waals surface area contributed by atoms with E-state index in [1.54, 1.807) is 7.11 Å². The van der Waals surface area contributed by atoms with Crippen LogP contribution in [0.15, 0.2) is 24.3 Å². The van der Waals surface area contributed by atoms with E-state index < -0.39 is 0 Å². The molecule has 0 N–H and O–H groups in total. The van der Waals surface area contributed by atoms with E-state index in [1.165, 1.54) is 24.8 Å². The maximum absolute atomic E-state index is 6.67. The van der Waals surface area contributed by atoms with Gasteiger partial charge in [0.1, 0.15) is 5.75 Å². The third-order valence-electron chi connectivity index (χ3n) is 5.51. The number of hydrogen-bond acceptors (Lipinski definition) is 3. The van der Waals surface area contributed by atoms with Gasteiger partial charge in [-0.25, -0.2) is 0 Å². The molecule has 0 aromatic heterocycles. The first-order valence-electron chi connectivity index (χ1n) is 9.38. The summed E-state index contributed by atoms with van der Waals surface area (Å²) < 4.78 is 12.0. The molecule has 136 valence electrons. The van der Waals surface area contributed by atoms with Gasteiger partial charge in [-0.15, -0.1) is 0 Å². The van der Waals surface area contributed by atoms with Crippen molar-refractivity contribution >= 4 is 0 Å². The van der Waals surface area contributed by atoms with Gasteiger partial charge in [-0.1, -0.05) is 31.4 Å². The standard InChI is InChI=1S/C21H35NO2/c1-16(2)24-21(14-8-7-9-15-21)20(17(3)22(4)5)18-10-12-19(23-6)13-11-18/h10-13,16-17,20H,7-9,14-15H2,1-6H3. The predicted octanol–water partition coefficient (Wildman–Crippen LogP) is 4.86. The summed E-state index contributed by atoms with van der Waals surface area (Å²) in [5.74, 6) is 1.28. The molecular formula is C21H35NO2. The Balaban J connectivity index is 2.45. The quantitative estimate of drug-likeness (QED) is 0.711. The molecule has 1 aliphatic rings. The largest absolute Gasteiger partial charge is 0.497 e. The van der Waals surface area contributed by atoms with Gasteiger partial charge in [0.15, 0.2) is 0 Å². The van der Waals surface area contributed by atoms with E-state index >= 15 is 0 Å². The van der Waals surface area contributed by atoms with Crippen molar-refractivity contribution in [1.29, 1.82) is 0 Å². The van der Waals surface area contributed by atoms with Crippen LogP contribution in [0, 0.1) is 0 Å². The van der Waals surface area contributed by atoms with Crippen LogP contribution in [0.2, 0.25) is 0 Å². The van der Waals surface area contributed by atoms with Gasteiger partial charge < -0.3 is 14.4 Å². The third-order valence-corrected chi connectivity index (χ3v) is 5.51. The summed E-state index contributed by atoms with van der Waals surface area (Å²) in [4.78, 5) is 2.33. The van der Waals surface area contributed by atoms with Gasteiger partial charge in [-0.3, -0.25) is 0 Å². The number of ether oxygens (including phenoxy) is 2. The van der Waals surface area contributed by atoms with E-state index in [2.05, 4.69) is 64.0 Å². The van der Waals surface area contributed by atoms with Gasteiger partial charge >= 0.3 is 0 Å². The van der Waals surface area contributed by atoms with E-state index in [4.69, 9.17) is 9.47 Å². The van der Waals surface area contributed by atoms with Gasteiger partial charge in [0, 0.05) is 12.0 Å². The van der Waals surface area contributed by atoms with Crippen LogP contribution in [0.25, 0.3) is 0 Å². The molecule has 2 atom stereocenters. The molecule has 0 saturated heterocycles. The smallest absolute Gasteiger partial charge is 0.118 e. The van der Waals surface area contributed by atoms with E-state index in [0.29, 0.717) is 12.0 Å². The lowest BCUT2D eigenvalue weighted by Gasteiger charge is -2.48. The molecule has 2 rings (SSSR count). The van der Waals surface area contributed by atoms with E-state index in [1.807, 2.05) is 0 Å². The first kappa shape index (κ1) is 19.3. The number of nitrogens with zero attached hydrogens (tertiary/aromatic N) is 1. The molecule has 2 unspecified atom stereocenters. The minimum atomic E-state index is -0.0648. The fraction of sp³-hybridized carbons (Fsp3) is 0.714. The topological polar surface area (TPSA) is 21.7 Å². The predicted molar refractivity (Wildman–Crippen MR) is 101 cm³/mol. The summed E-state index contributed by atoms with van der Waals surface area (Å²) in [6.45, 7) is 6.67. The highest BCUT2D eigenvalue weighted by Gasteiger charge is 2.45. The van der Waals surface area contributed by atoms with Gasteiger partial charge in [0.05, 0.1) is 18.8 Å². The maximum atomic E-state index is 6.67. The molecule has 1 fully saturated rings. The zero-order valence-corrected chi connectivity index (χ0v) is 16.3. The number of methoxy groups -OCH3 is 1. The molecule has 1 saturated carbocycles. The van der Waals surface area contributed by atoms with Crippen LogP contribution in [0.4, 0.5) is 0 Å². The molecule has 3 heteroatoms. The van der Waals surface area contributed by atoms with E-state index in [-0.39, 0.29) is 11.7 Å². The van der Waals surface area contributed by atoms with Crippen molar-refractivity contribution in [2.45, 2.75) is 76.5 Å². The zero-order chi connectivity index (χ0) is 17.7. The summed E-state index contributed by atoms with van der Waals surface area (Å²) in [5.41, 5.74) is 1.30. The van der Waals surface area contributed by atoms with Crippen LogP contribution >= 0.6 is 0 Å². The Kier molecular flexibility index (Phi) is 6.70. The first-order chi connectivity index (χ1) is 11.4. The van der Waals surface area contributed by atoms with Crippen LogP contribution in [-0.4, -0.2) is 43.9 Å². The van der Waals surface area contributed by atoms with Crippen LogP contribution in [0.5, 0.6) is 5.75 Å².